The van der Waals surface area contributed by atoms with Gasteiger partial charge in [-0.2, -0.15) is 0 Å². The van der Waals surface area contributed by atoms with Crippen LogP contribution in [0.1, 0.15) is 5.56 Å². The van der Waals surface area contributed by atoms with Crippen LogP contribution in [0.25, 0.3) is 0 Å². The Labute approximate surface area is 105 Å². The Bertz CT molecular complexity index is 555. The predicted octanol–water partition coefficient (Wildman–Crippen LogP) is 3.19. The first-order valence-corrected chi connectivity index (χ1v) is 5.60. The van der Waals surface area contributed by atoms with Gasteiger partial charge in [-0.3, -0.25) is 0 Å². The summed E-state index contributed by atoms with van der Waals surface area (Å²) in [6.45, 7) is 0.200. The highest BCUT2D eigenvalue weighted by molar-refractivity contribution is 5.66. The molecular formula is C14H14F2N2. The van der Waals surface area contributed by atoms with Gasteiger partial charge in [0.1, 0.15) is 11.6 Å². The van der Waals surface area contributed by atoms with E-state index in [2.05, 4.69) is 0 Å². The maximum atomic E-state index is 13.7. The van der Waals surface area contributed by atoms with Crippen LogP contribution in [0.5, 0.6) is 0 Å². The molecular weight excluding hydrogens is 234 g/mol. The Morgan fingerprint density at radius 1 is 1.06 bits per heavy atom. The summed E-state index contributed by atoms with van der Waals surface area (Å²) in [6, 6.07) is 10.7. The molecule has 0 fully saturated rings. The fourth-order valence-corrected chi connectivity index (χ4v) is 1.90. The summed E-state index contributed by atoms with van der Waals surface area (Å²) in [5, 5.41) is 0. The largest absolute Gasteiger partial charge is 0.342 e. The Kier molecular flexibility index (Phi) is 3.58. The lowest BCUT2D eigenvalue weighted by Gasteiger charge is -2.22. The van der Waals surface area contributed by atoms with Crippen LogP contribution in [-0.2, 0) is 6.54 Å². The normalized spacial score (nSPS) is 10.4. The highest BCUT2D eigenvalue weighted by Crippen LogP contribution is 2.29. The van der Waals surface area contributed by atoms with Crippen LogP contribution in [0.15, 0.2) is 42.5 Å². The molecule has 2 N–H and O–H groups in total. The van der Waals surface area contributed by atoms with E-state index in [4.69, 9.17) is 5.73 Å². The Hall–Kier alpha value is -1.94. The second-order valence-electron chi connectivity index (χ2n) is 3.99. The molecule has 18 heavy (non-hydrogen) atoms. The summed E-state index contributed by atoms with van der Waals surface area (Å²) in [6.07, 6.45) is 0. The lowest BCUT2D eigenvalue weighted by molar-refractivity contribution is 0.624. The Morgan fingerprint density at radius 3 is 2.44 bits per heavy atom. The van der Waals surface area contributed by atoms with Gasteiger partial charge in [-0.25, -0.2) is 8.78 Å². The van der Waals surface area contributed by atoms with Crippen molar-refractivity contribution in [2.75, 3.05) is 11.9 Å². The number of nitrogens with zero attached hydrogens (tertiary/aromatic N) is 1. The number of anilines is 2. The molecule has 0 bridgehead atoms. The van der Waals surface area contributed by atoms with Crippen LogP contribution in [0.3, 0.4) is 0 Å². The molecule has 2 rings (SSSR count). The van der Waals surface area contributed by atoms with Gasteiger partial charge < -0.3 is 10.6 Å². The quantitative estimate of drug-likeness (QED) is 0.903. The number of para-hydroxylation sites is 1. The number of hydrogen-bond donors (Lipinski definition) is 1. The topological polar surface area (TPSA) is 29.3 Å². The van der Waals surface area contributed by atoms with E-state index >= 15 is 0 Å². The second kappa shape index (κ2) is 5.14. The SMILES string of the molecule is CN(c1ccccc1F)c1ccc(F)cc1CN. The fourth-order valence-electron chi connectivity index (χ4n) is 1.90. The van der Waals surface area contributed by atoms with E-state index in [1.807, 2.05) is 0 Å². The van der Waals surface area contributed by atoms with Gasteiger partial charge in [-0.15, -0.1) is 0 Å². The zero-order chi connectivity index (χ0) is 13.1. The molecule has 0 unspecified atom stereocenters. The lowest BCUT2D eigenvalue weighted by atomic mass is 10.1. The molecule has 0 aromatic heterocycles. The molecule has 0 heterocycles. The predicted molar refractivity (Wildman–Crippen MR) is 68.8 cm³/mol. The first-order chi connectivity index (χ1) is 8.63. The van der Waals surface area contributed by atoms with Crippen molar-refractivity contribution in [1.29, 1.82) is 0 Å². The minimum Gasteiger partial charge on any atom is -0.342 e. The summed E-state index contributed by atoms with van der Waals surface area (Å²) in [4.78, 5) is 1.66. The first kappa shape index (κ1) is 12.5. The molecule has 0 saturated carbocycles. The van der Waals surface area contributed by atoms with E-state index in [-0.39, 0.29) is 18.2 Å². The second-order valence-corrected chi connectivity index (χ2v) is 3.99. The molecule has 4 heteroatoms. The molecule has 0 aliphatic carbocycles. The zero-order valence-electron chi connectivity index (χ0n) is 10.0. The molecule has 0 amide bonds. The maximum Gasteiger partial charge on any atom is 0.146 e. The molecule has 0 saturated heterocycles. The highest BCUT2D eigenvalue weighted by Gasteiger charge is 2.12. The van der Waals surface area contributed by atoms with E-state index in [0.717, 1.165) is 0 Å². The van der Waals surface area contributed by atoms with Crippen molar-refractivity contribution in [3.05, 3.63) is 59.7 Å². The van der Waals surface area contributed by atoms with Gasteiger partial charge in [-0.05, 0) is 35.9 Å². The van der Waals surface area contributed by atoms with Crippen molar-refractivity contribution in [3.8, 4) is 0 Å². The molecule has 0 atom stereocenters. The zero-order valence-corrected chi connectivity index (χ0v) is 10.0. The van der Waals surface area contributed by atoms with Crippen molar-refractivity contribution in [2.24, 2.45) is 5.73 Å². The number of halogens is 2. The molecule has 94 valence electrons. The molecule has 0 aliphatic heterocycles. The number of rotatable bonds is 3. The summed E-state index contributed by atoms with van der Waals surface area (Å²) in [5.41, 5.74) is 7.35. The highest BCUT2D eigenvalue weighted by atomic mass is 19.1. The van der Waals surface area contributed by atoms with Gasteiger partial charge in [0.15, 0.2) is 0 Å². The summed E-state index contributed by atoms with van der Waals surface area (Å²) in [7, 11) is 1.73. The van der Waals surface area contributed by atoms with Gasteiger partial charge in [0.05, 0.1) is 5.69 Å². The van der Waals surface area contributed by atoms with E-state index < -0.39 is 0 Å². The summed E-state index contributed by atoms with van der Waals surface area (Å²) in [5.74, 6) is -0.673. The third-order valence-corrected chi connectivity index (χ3v) is 2.84. The van der Waals surface area contributed by atoms with E-state index in [1.165, 1.54) is 18.2 Å². The van der Waals surface area contributed by atoms with Gasteiger partial charge in [0.25, 0.3) is 0 Å². The van der Waals surface area contributed by atoms with Crippen LogP contribution < -0.4 is 10.6 Å². The third-order valence-electron chi connectivity index (χ3n) is 2.84. The number of hydrogen-bond acceptors (Lipinski definition) is 2. The standard InChI is InChI=1S/C14H14F2N2/c1-18(14-5-3-2-4-12(14)16)13-7-6-11(15)8-10(13)9-17/h2-8H,9,17H2,1H3. The van der Waals surface area contributed by atoms with Crippen LogP contribution in [-0.4, -0.2) is 7.05 Å². The fraction of sp³-hybridized carbons (Fsp3) is 0.143. The van der Waals surface area contributed by atoms with Crippen LogP contribution in [0.2, 0.25) is 0 Å². The number of benzene rings is 2. The Balaban J connectivity index is 2.46. The van der Waals surface area contributed by atoms with Crippen molar-refractivity contribution in [1.82, 2.24) is 0 Å². The molecule has 0 spiro atoms. The van der Waals surface area contributed by atoms with E-state index in [0.29, 0.717) is 16.9 Å². The maximum absolute atomic E-state index is 13.7. The number of nitrogens with two attached hydrogens (primary N) is 1. The summed E-state index contributed by atoms with van der Waals surface area (Å²) >= 11 is 0. The molecule has 2 nitrogen and oxygen atoms in total. The summed E-state index contributed by atoms with van der Waals surface area (Å²) < 4.78 is 26.8. The van der Waals surface area contributed by atoms with Gasteiger partial charge >= 0.3 is 0 Å². The average Bonchev–Trinajstić information content (AvgIpc) is 2.38. The van der Waals surface area contributed by atoms with Crippen LogP contribution >= 0.6 is 0 Å². The van der Waals surface area contributed by atoms with Crippen LogP contribution in [0.4, 0.5) is 20.2 Å². The average molecular weight is 248 g/mol. The van der Waals surface area contributed by atoms with Crippen molar-refractivity contribution < 1.29 is 8.78 Å². The minimum atomic E-state index is -0.346. The van der Waals surface area contributed by atoms with Crippen molar-refractivity contribution >= 4 is 11.4 Å². The van der Waals surface area contributed by atoms with Gasteiger partial charge in [0, 0.05) is 19.3 Å². The third kappa shape index (κ3) is 2.33. The van der Waals surface area contributed by atoms with Crippen LogP contribution in [0, 0.1) is 11.6 Å². The monoisotopic (exact) mass is 248 g/mol. The van der Waals surface area contributed by atoms with E-state index in [9.17, 15) is 8.78 Å². The smallest absolute Gasteiger partial charge is 0.146 e. The molecule has 2 aromatic rings. The molecule has 0 radical (unpaired) electrons. The van der Waals surface area contributed by atoms with E-state index in [1.54, 1.807) is 36.2 Å². The molecule has 0 aliphatic rings. The van der Waals surface area contributed by atoms with Gasteiger partial charge in [0.2, 0.25) is 0 Å². The first-order valence-electron chi connectivity index (χ1n) is 5.60. The Morgan fingerprint density at radius 2 is 1.78 bits per heavy atom. The van der Waals surface area contributed by atoms with Crippen molar-refractivity contribution in [2.45, 2.75) is 6.54 Å². The van der Waals surface area contributed by atoms with Gasteiger partial charge in [-0.1, -0.05) is 12.1 Å². The molecule has 2 aromatic carbocycles. The lowest BCUT2D eigenvalue weighted by Crippen LogP contribution is -2.14. The minimum absolute atomic E-state index is 0.200. The van der Waals surface area contributed by atoms with Crippen molar-refractivity contribution in [3.63, 3.8) is 0 Å².